The number of amides is 2. The molecule has 0 bridgehead atoms. The van der Waals surface area contributed by atoms with Crippen molar-refractivity contribution in [3.05, 3.63) is 23.7 Å². The zero-order valence-corrected chi connectivity index (χ0v) is 11.4. The second-order valence-electron chi connectivity index (χ2n) is 5.01. The first-order chi connectivity index (χ1) is 8.84. The highest BCUT2D eigenvalue weighted by Crippen LogP contribution is 2.10. The molecule has 0 spiro atoms. The molecular weight excluding hydrogens is 248 g/mol. The van der Waals surface area contributed by atoms with Crippen LogP contribution in [0.15, 0.2) is 16.5 Å². The summed E-state index contributed by atoms with van der Waals surface area (Å²) in [5, 5.41) is 14.2. The molecule has 0 aliphatic carbocycles. The highest BCUT2D eigenvalue weighted by Gasteiger charge is 2.19. The number of carbonyl (C=O) groups is 2. The fraction of sp³-hybridized carbons (Fsp3) is 0.538. The molecule has 0 aromatic carbocycles. The number of carbonyl (C=O) groups excluding carboxylic acids is 1. The van der Waals surface area contributed by atoms with Crippen LogP contribution in [0.5, 0.6) is 0 Å². The number of rotatable bonds is 6. The zero-order valence-electron chi connectivity index (χ0n) is 11.4. The van der Waals surface area contributed by atoms with Crippen molar-refractivity contribution in [2.45, 2.75) is 45.7 Å². The van der Waals surface area contributed by atoms with Crippen molar-refractivity contribution in [2.24, 2.45) is 0 Å². The maximum absolute atomic E-state index is 11.7. The summed E-state index contributed by atoms with van der Waals surface area (Å²) in [6, 6.07) is 2.59. The van der Waals surface area contributed by atoms with Crippen molar-refractivity contribution >= 4 is 12.0 Å². The lowest BCUT2D eigenvalue weighted by atomic mass is 9.99. The van der Waals surface area contributed by atoms with Crippen LogP contribution >= 0.6 is 0 Å². The van der Waals surface area contributed by atoms with Crippen LogP contribution in [0.4, 0.5) is 4.79 Å². The number of hydrogen-bond donors (Lipinski definition) is 3. The lowest BCUT2D eigenvalue weighted by molar-refractivity contribution is 0.0660. The number of carboxylic acids is 1. The molecule has 0 atom stereocenters. The van der Waals surface area contributed by atoms with E-state index >= 15 is 0 Å². The van der Waals surface area contributed by atoms with Crippen molar-refractivity contribution in [1.29, 1.82) is 0 Å². The quantitative estimate of drug-likeness (QED) is 0.738. The van der Waals surface area contributed by atoms with E-state index in [2.05, 4.69) is 17.6 Å². The molecular formula is C13H20N2O4. The fourth-order valence-electron chi connectivity index (χ4n) is 1.79. The van der Waals surface area contributed by atoms with Crippen LogP contribution in [0.3, 0.4) is 0 Å². The zero-order chi connectivity index (χ0) is 14.5. The molecule has 0 aliphatic heterocycles. The Balaban J connectivity index is 2.43. The summed E-state index contributed by atoms with van der Waals surface area (Å²) >= 11 is 0. The van der Waals surface area contributed by atoms with E-state index in [1.165, 1.54) is 12.1 Å². The smallest absolute Gasteiger partial charge is 0.371 e. The predicted octanol–water partition coefficient (Wildman–Crippen LogP) is 2.36. The molecule has 6 nitrogen and oxygen atoms in total. The maximum atomic E-state index is 11.7. The first-order valence-corrected chi connectivity index (χ1v) is 6.22. The Kier molecular flexibility index (Phi) is 4.97. The van der Waals surface area contributed by atoms with Gasteiger partial charge < -0.3 is 20.2 Å². The van der Waals surface area contributed by atoms with E-state index in [1.54, 1.807) is 0 Å². The van der Waals surface area contributed by atoms with Gasteiger partial charge >= 0.3 is 12.0 Å². The van der Waals surface area contributed by atoms with E-state index in [1.807, 2.05) is 13.8 Å². The molecule has 106 valence electrons. The SMILES string of the molecule is CCCC(C)(C)NC(=O)NCc1ccc(C(=O)O)o1. The number of urea groups is 1. The van der Waals surface area contributed by atoms with E-state index < -0.39 is 5.97 Å². The van der Waals surface area contributed by atoms with Crippen molar-refractivity contribution in [3.8, 4) is 0 Å². The minimum Gasteiger partial charge on any atom is -0.475 e. The number of furan rings is 1. The average Bonchev–Trinajstić information content (AvgIpc) is 2.74. The first kappa shape index (κ1) is 15.1. The fourth-order valence-corrected chi connectivity index (χ4v) is 1.79. The third-order valence-electron chi connectivity index (χ3n) is 2.62. The Morgan fingerprint density at radius 3 is 2.58 bits per heavy atom. The molecule has 1 aromatic heterocycles. The minimum atomic E-state index is -1.13. The Bertz CT molecular complexity index is 451. The minimum absolute atomic E-state index is 0.136. The monoisotopic (exact) mass is 268 g/mol. The third kappa shape index (κ3) is 5.03. The van der Waals surface area contributed by atoms with Gasteiger partial charge in [0.15, 0.2) is 0 Å². The van der Waals surface area contributed by atoms with Gasteiger partial charge in [-0.05, 0) is 32.4 Å². The Hall–Kier alpha value is -1.98. The Morgan fingerprint density at radius 2 is 2.05 bits per heavy atom. The van der Waals surface area contributed by atoms with Gasteiger partial charge in [-0.25, -0.2) is 9.59 Å². The first-order valence-electron chi connectivity index (χ1n) is 6.22. The molecule has 0 saturated carbocycles. The van der Waals surface area contributed by atoms with Gasteiger partial charge in [0.2, 0.25) is 5.76 Å². The summed E-state index contributed by atoms with van der Waals surface area (Å²) in [6.45, 7) is 6.11. The lowest BCUT2D eigenvalue weighted by Gasteiger charge is -2.25. The molecule has 1 aromatic rings. The Morgan fingerprint density at radius 1 is 1.37 bits per heavy atom. The van der Waals surface area contributed by atoms with Gasteiger partial charge in [-0.3, -0.25) is 0 Å². The highest BCUT2D eigenvalue weighted by molar-refractivity contribution is 5.84. The number of carboxylic acid groups (broad SMARTS) is 1. The molecule has 1 heterocycles. The van der Waals surface area contributed by atoms with Crippen LogP contribution in [0, 0.1) is 0 Å². The summed E-state index contributed by atoms with van der Waals surface area (Å²) in [4.78, 5) is 22.3. The molecule has 0 fully saturated rings. The van der Waals surface area contributed by atoms with Gasteiger partial charge in [-0.2, -0.15) is 0 Å². The molecule has 0 unspecified atom stereocenters. The van der Waals surface area contributed by atoms with Crippen molar-refractivity contribution in [1.82, 2.24) is 10.6 Å². The molecule has 19 heavy (non-hydrogen) atoms. The second-order valence-corrected chi connectivity index (χ2v) is 5.01. The van der Waals surface area contributed by atoms with Crippen LogP contribution in [0.25, 0.3) is 0 Å². The van der Waals surface area contributed by atoms with E-state index in [9.17, 15) is 9.59 Å². The van der Waals surface area contributed by atoms with Crippen LogP contribution < -0.4 is 10.6 Å². The molecule has 0 radical (unpaired) electrons. The van der Waals surface area contributed by atoms with Crippen LogP contribution in [0.1, 0.15) is 49.9 Å². The molecule has 0 aliphatic rings. The summed E-state index contributed by atoms with van der Waals surface area (Å²) in [6.07, 6.45) is 1.86. The van der Waals surface area contributed by atoms with Gasteiger partial charge in [0, 0.05) is 5.54 Å². The van der Waals surface area contributed by atoms with Crippen molar-refractivity contribution in [2.75, 3.05) is 0 Å². The molecule has 3 N–H and O–H groups in total. The normalized spacial score (nSPS) is 11.1. The van der Waals surface area contributed by atoms with Crippen molar-refractivity contribution in [3.63, 3.8) is 0 Å². The van der Waals surface area contributed by atoms with Crippen molar-refractivity contribution < 1.29 is 19.1 Å². The van der Waals surface area contributed by atoms with Gasteiger partial charge in [-0.1, -0.05) is 13.3 Å². The summed E-state index contributed by atoms with van der Waals surface area (Å²) < 4.78 is 5.03. The van der Waals surface area contributed by atoms with Crippen LogP contribution in [-0.2, 0) is 6.54 Å². The topological polar surface area (TPSA) is 91.6 Å². The highest BCUT2D eigenvalue weighted by atomic mass is 16.4. The predicted molar refractivity (Wildman–Crippen MR) is 70.0 cm³/mol. The number of hydrogen-bond acceptors (Lipinski definition) is 3. The third-order valence-corrected chi connectivity index (χ3v) is 2.62. The van der Waals surface area contributed by atoms with E-state index in [-0.39, 0.29) is 23.9 Å². The number of aromatic carboxylic acids is 1. The van der Waals surface area contributed by atoms with E-state index in [0.29, 0.717) is 5.76 Å². The lowest BCUT2D eigenvalue weighted by Crippen LogP contribution is -2.48. The largest absolute Gasteiger partial charge is 0.475 e. The van der Waals surface area contributed by atoms with Crippen LogP contribution in [0.2, 0.25) is 0 Å². The maximum Gasteiger partial charge on any atom is 0.371 e. The van der Waals surface area contributed by atoms with Crippen LogP contribution in [-0.4, -0.2) is 22.6 Å². The molecule has 1 rings (SSSR count). The Labute approximate surface area is 112 Å². The molecule has 2 amide bonds. The molecule has 6 heteroatoms. The van der Waals surface area contributed by atoms with E-state index in [4.69, 9.17) is 9.52 Å². The summed E-state index contributed by atoms with van der Waals surface area (Å²) in [7, 11) is 0. The summed E-state index contributed by atoms with van der Waals surface area (Å²) in [5.74, 6) is -0.857. The molecule has 0 saturated heterocycles. The van der Waals surface area contributed by atoms with Gasteiger partial charge in [0.05, 0.1) is 6.54 Å². The van der Waals surface area contributed by atoms with Gasteiger partial charge in [0.1, 0.15) is 5.76 Å². The second kappa shape index (κ2) is 6.26. The summed E-state index contributed by atoms with van der Waals surface area (Å²) in [5.41, 5.74) is -0.270. The van der Waals surface area contributed by atoms with Gasteiger partial charge in [-0.15, -0.1) is 0 Å². The van der Waals surface area contributed by atoms with Gasteiger partial charge in [0.25, 0.3) is 0 Å². The van der Waals surface area contributed by atoms with E-state index in [0.717, 1.165) is 12.8 Å². The standard InChI is InChI=1S/C13H20N2O4/c1-4-7-13(2,3)15-12(18)14-8-9-5-6-10(19-9)11(16)17/h5-6H,4,7-8H2,1-3H3,(H,16,17)(H2,14,15,18). The average molecular weight is 268 g/mol. The number of nitrogens with one attached hydrogen (secondary N) is 2.